The number of rotatable bonds is 4. The zero-order valence-corrected chi connectivity index (χ0v) is 18.2. The van der Waals surface area contributed by atoms with E-state index >= 15 is 0 Å². The molecule has 31 heavy (non-hydrogen) atoms. The van der Waals surface area contributed by atoms with Crippen LogP contribution in [0.2, 0.25) is 0 Å². The molecule has 1 heterocycles. The maximum Gasteiger partial charge on any atom is 0.416 e. The second-order valence-corrected chi connectivity index (χ2v) is 9.21. The van der Waals surface area contributed by atoms with Crippen LogP contribution in [0, 0.1) is 0 Å². The van der Waals surface area contributed by atoms with Crippen molar-refractivity contribution >= 4 is 23.6 Å². The van der Waals surface area contributed by atoms with Crippen molar-refractivity contribution < 1.29 is 32.3 Å². The van der Waals surface area contributed by atoms with Crippen LogP contribution in [-0.2, 0) is 26.9 Å². The lowest BCUT2D eigenvalue weighted by Gasteiger charge is -2.28. The van der Waals surface area contributed by atoms with Crippen LogP contribution in [0.5, 0.6) is 0 Å². The van der Waals surface area contributed by atoms with Crippen LogP contribution in [0.3, 0.4) is 0 Å². The predicted molar refractivity (Wildman–Crippen MR) is 108 cm³/mol. The lowest BCUT2D eigenvalue weighted by atomic mass is 9.99. The summed E-state index contributed by atoms with van der Waals surface area (Å²) in [5.41, 5.74) is -1.79. The van der Waals surface area contributed by atoms with Crippen LogP contribution in [0.15, 0.2) is 18.2 Å². The molecule has 0 aromatic heterocycles. The molecule has 1 aromatic carbocycles. The maximum absolute atomic E-state index is 12.9. The Morgan fingerprint density at radius 1 is 1.16 bits per heavy atom. The number of anilines is 1. The number of nitrogens with one attached hydrogen (secondary N) is 3. The molecule has 2 rings (SSSR count). The zero-order chi connectivity index (χ0) is 23.6. The minimum Gasteiger partial charge on any atom is -0.444 e. The number of amides is 3. The fourth-order valence-electron chi connectivity index (χ4n) is 3.16. The first-order chi connectivity index (χ1) is 14.1. The third-order valence-corrected chi connectivity index (χ3v) is 4.49. The second-order valence-electron chi connectivity index (χ2n) is 9.21. The Hall–Kier alpha value is -2.78. The van der Waals surface area contributed by atoms with Crippen LogP contribution in [0.25, 0.3) is 0 Å². The highest BCUT2D eigenvalue weighted by molar-refractivity contribution is 5.98. The third-order valence-electron chi connectivity index (χ3n) is 4.49. The summed E-state index contributed by atoms with van der Waals surface area (Å²) in [6, 6.07) is 2.22. The number of fused-ring (bicyclic) bond motifs is 1. The predicted octanol–water partition coefficient (Wildman–Crippen LogP) is 3.77. The monoisotopic (exact) mass is 443 g/mol. The lowest BCUT2D eigenvalue weighted by Crippen LogP contribution is -2.51. The van der Waals surface area contributed by atoms with Crippen molar-refractivity contribution in [3.63, 3.8) is 0 Å². The van der Waals surface area contributed by atoms with E-state index in [2.05, 4.69) is 16.0 Å². The van der Waals surface area contributed by atoms with E-state index in [4.69, 9.17) is 4.74 Å². The van der Waals surface area contributed by atoms with Crippen molar-refractivity contribution in [2.75, 3.05) is 5.32 Å². The van der Waals surface area contributed by atoms with E-state index in [0.29, 0.717) is 11.3 Å². The SMILES string of the molecule is CC(C)(CC(=O)NC1CCc2cc(C(F)(F)F)ccc2NC1=O)NC(=O)OC(C)(C)C. The van der Waals surface area contributed by atoms with Gasteiger partial charge in [-0.05, 0) is 71.2 Å². The number of alkyl carbamates (subject to hydrolysis) is 1. The molecule has 1 aromatic rings. The smallest absolute Gasteiger partial charge is 0.416 e. The Balaban J connectivity index is 1.99. The number of halogens is 3. The van der Waals surface area contributed by atoms with Crippen molar-refractivity contribution in [2.24, 2.45) is 0 Å². The van der Waals surface area contributed by atoms with Gasteiger partial charge in [0.05, 0.1) is 5.56 Å². The van der Waals surface area contributed by atoms with Crippen molar-refractivity contribution in [3.05, 3.63) is 29.3 Å². The van der Waals surface area contributed by atoms with Crippen LogP contribution < -0.4 is 16.0 Å². The van der Waals surface area contributed by atoms with Gasteiger partial charge < -0.3 is 20.7 Å². The van der Waals surface area contributed by atoms with E-state index in [1.165, 1.54) is 6.07 Å². The number of carbonyl (C=O) groups excluding carboxylic acids is 3. The van der Waals surface area contributed by atoms with Gasteiger partial charge in [-0.15, -0.1) is 0 Å². The second kappa shape index (κ2) is 8.76. The van der Waals surface area contributed by atoms with E-state index in [1.54, 1.807) is 34.6 Å². The summed E-state index contributed by atoms with van der Waals surface area (Å²) in [4.78, 5) is 36.9. The molecule has 0 spiro atoms. The standard InChI is InChI=1S/C21H28F3N3O4/c1-19(2,3)31-18(30)27-20(4,5)11-16(28)25-15-8-6-12-10-13(21(22,23)24)7-9-14(12)26-17(15)29/h7,9-10,15H,6,8,11H2,1-5H3,(H,25,28)(H,26,29)(H,27,30). The van der Waals surface area contributed by atoms with Crippen LogP contribution in [-0.4, -0.2) is 35.1 Å². The summed E-state index contributed by atoms with van der Waals surface area (Å²) in [6.07, 6.45) is -4.95. The normalized spacial score (nSPS) is 17.2. The number of hydrogen-bond acceptors (Lipinski definition) is 4. The van der Waals surface area contributed by atoms with E-state index in [1.807, 2.05) is 0 Å². The Morgan fingerprint density at radius 2 is 1.81 bits per heavy atom. The highest BCUT2D eigenvalue weighted by Crippen LogP contribution is 2.33. The number of alkyl halides is 3. The molecule has 1 aliphatic heterocycles. The summed E-state index contributed by atoms with van der Waals surface area (Å²) >= 11 is 0. The zero-order valence-electron chi connectivity index (χ0n) is 18.2. The largest absolute Gasteiger partial charge is 0.444 e. The molecule has 7 nitrogen and oxygen atoms in total. The maximum atomic E-state index is 12.9. The van der Waals surface area contributed by atoms with Gasteiger partial charge in [0.1, 0.15) is 11.6 Å². The Morgan fingerprint density at radius 3 is 2.39 bits per heavy atom. The first-order valence-corrected chi connectivity index (χ1v) is 9.87. The minimum absolute atomic E-state index is 0.124. The summed E-state index contributed by atoms with van der Waals surface area (Å²) in [5, 5.41) is 7.78. The number of aryl methyl sites for hydroxylation is 1. The van der Waals surface area contributed by atoms with Crippen LogP contribution in [0.4, 0.5) is 23.7 Å². The molecule has 1 atom stereocenters. The number of hydrogen-bond donors (Lipinski definition) is 3. The van der Waals surface area contributed by atoms with E-state index in [0.717, 1.165) is 12.1 Å². The van der Waals surface area contributed by atoms with Gasteiger partial charge in [-0.25, -0.2) is 4.79 Å². The minimum atomic E-state index is -4.48. The van der Waals surface area contributed by atoms with Gasteiger partial charge in [-0.1, -0.05) is 0 Å². The fourth-order valence-corrected chi connectivity index (χ4v) is 3.16. The summed E-state index contributed by atoms with van der Waals surface area (Å²) in [7, 11) is 0. The van der Waals surface area contributed by atoms with Gasteiger partial charge in [0.2, 0.25) is 11.8 Å². The summed E-state index contributed by atoms with van der Waals surface area (Å²) in [6.45, 7) is 8.42. The van der Waals surface area contributed by atoms with E-state index in [-0.39, 0.29) is 19.3 Å². The summed E-state index contributed by atoms with van der Waals surface area (Å²) < 4.78 is 44.0. The van der Waals surface area contributed by atoms with E-state index < -0.39 is 46.8 Å². The molecule has 1 aliphatic rings. The van der Waals surface area contributed by atoms with Crippen LogP contribution in [0.1, 0.15) is 58.6 Å². The molecule has 3 amide bonds. The van der Waals surface area contributed by atoms with Gasteiger partial charge >= 0.3 is 12.3 Å². The molecular formula is C21H28F3N3O4. The molecule has 0 saturated carbocycles. The Kier molecular flexibility index (Phi) is 6.92. The molecule has 172 valence electrons. The van der Waals surface area contributed by atoms with Crippen molar-refractivity contribution in [3.8, 4) is 0 Å². The summed E-state index contributed by atoms with van der Waals surface area (Å²) in [5.74, 6) is -0.993. The molecular weight excluding hydrogens is 415 g/mol. The first kappa shape index (κ1) is 24.5. The van der Waals surface area contributed by atoms with Gasteiger partial charge in [0, 0.05) is 17.6 Å². The molecule has 1 unspecified atom stereocenters. The van der Waals surface area contributed by atoms with Crippen LogP contribution >= 0.6 is 0 Å². The molecule has 0 aliphatic carbocycles. The van der Waals surface area contributed by atoms with Gasteiger partial charge in [-0.2, -0.15) is 13.2 Å². The fraction of sp³-hybridized carbons (Fsp3) is 0.571. The number of benzene rings is 1. The average Bonchev–Trinajstić information content (AvgIpc) is 2.69. The number of carbonyl (C=O) groups is 3. The Bertz CT molecular complexity index is 860. The topological polar surface area (TPSA) is 96.5 Å². The van der Waals surface area contributed by atoms with Crippen molar-refractivity contribution in [1.29, 1.82) is 0 Å². The van der Waals surface area contributed by atoms with Gasteiger partial charge in [-0.3, -0.25) is 9.59 Å². The average molecular weight is 443 g/mol. The lowest BCUT2D eigenvalue weighted by molar-refractivity contribution is -0.137. The molecule has 10 heteroatoms. The van der Waals surface area contributed by atoms with E-state index in [9.17, 15) is 27.6 Å². The molecule has 0 radical (unpaired) electrons. The molecule has 0 fully saturated rings. The van der Waals surface area contributed by atoms with Gasteiger partial charge in [0.25, 0.3) is 0 Å². The molecule has 0 bridgehead atoms. The van der Waals surface area contributed by atoms with Crippen molar-refractivity contribution in [2.45, 2.75) is 77.2 Å². The van der Waals surface area contributed by atoms with Crippen molar-refractivity contribution in [1.82, 2.24) is 10.6 Å². The molecule has 0 saturated heterocycles. The highest BCUT2D eigenvalue weighted by atomic mass is 19.4. The molecule has 3 N–H and O–H groups in total. The number of ether oxygens (including phenoxy) is 1. The Labute approximate surface area is 179 Å². The highest BCUT2D eigenvalue weighted by Gasteiger charge is 2.33. The third kappa shape index (κ3) is 7.45. The quantitative estimate of drug-likeness (QED) is 0.660. The van der Waals surface area contributed by atoms with Gasteiger partial charge in [0.15, 0.2) is 0 Å². The first-order valence-electron chi connectivity index (χ1n) is 9.87.